The van der Waals surface area contributed by atoms with E-state index in [9.17, 15) is 0 Å². The highest BCUT2D eigenvalue weighted by molar-refractivity contribution is 7.80. The van der Waals surface area contributed by atoms with Crippen LogP contribution >= 0.6 is 12.2 Å². The first-order chi connectivity index (χ1) is 10.2. The molecule has 3 heteroatoms. The van der Waals surface area contributed by atoms with E-state index in [1.54, 1.807) is 0 Å². The second kappa shape index (κ2) is 6.02. The second-order valence-electron chi connectivity index (χ2n) is 6.07. The number of rotatable bonds is 4. The summed E-state index contributed by atoms with van der Waals surface area (Å²) in [5, 5.41) is 2.39. The topological polar surface area (TPSA) is 29.3 Å². The van der Waals surface area contributed by atoms with Gasteiger partial charge in [-0.05, 0) is 36.3 Å². The molecule has 0 bridgehead atoms. The van der Waals surface area contributed by atoms with Gasteiger partial charge in [0.25, 0.3) is 0 Å². The molecule has 2 aromatic rings. The lowest BCUT2D eigenvalue weighted by molar-refractivity contribution is 0.547. The summed E-state index contributed by atoms with van der Waals surface area (Å²) in [6.45, 7) is 1.14. The summed E-state index contributed by atoms with van der Waals surface area (Å²) in [7, 11) is 2.19. The van der Waals surface area contributed by atoms with Crippen LogP contribution in [-0.4, -0.2) is 18.6 Å². The van der Waals surface area contributed by atoms with Crippen molar-refractivity contribution in [1.82, 2.24) is 0 Å². The molecule has 1 aliphatic rings. The first kappa shape index (κ1) is 14.3. The average molecular weight is 298 g/mol. The molecule has 0 aromatic heterocycles. The smallest absolute Gasteiger partial charge is 0.104 e. The van der Waals surface area contributed by atoms with Gasteiger partial charge < -0.3 is 10.6 Å². The molecule has 2 nitrogen and oxygen atoms in total. The maximum atomic E-state index is 5.86. The number of nitrogens with two attached hydrogens (primary N) is 1. The third-order valence-electron chi connectivity index (χ3n) is 4.58. The molecule has 1 saturated carbocycles. The molecule has 0 saturated heterocycles. The summed E-state index contributed by atoms with van der Waals surface area (Å²) in [6, 6.07) is 12.6. The Hall–Kier alpha value is -1.61. The van der Waals surface area contributed by atoms with Crippen molar-refractivity contribution in [3.63, 3.8) is 0 Å². The fourth-order valence-corrected chi connectivity index (χ4v) is 3.69. The molecule has 0 amide bonds. The van der Waals surface area contributed by atoms with Crippen molar-refractivity contribution in [2.75, 3.05) is 18.5 Å². The van der Waals surface area contributed by atoms with Crippen molar-refractivity contribution in [3.05, 3.63) is 42.0 Å². The van der Waals surface area contributed by atoms with Gasteiger partial charge in [0.2, 0.25) is 0 Å². The van der Waals surface area contributed by atoms with E-state index in [1.165, 1.54) is 36.8 Å². The molecular weight excluding hydrogens is 276 g/mol. The number of hydrogen-bond donors (Lipinski definition) is 1. The van der Waals surface area contributed by atoms with Crippen LogP contribution in [0.15, 0.2) is 36.4 Å². The summed E-state index contributed by atoms with van der Waals surface area (Å²) in [4.78, 5) is 2.86. The van der Waals surface area contributed by atoms with Crippen molar-refractivity contribution in [2.45, 2.75) is 25.7 Å². The molecular formula is C18H22N2S. The minimum absolute atomic E-state index is 0.469. The monoisotopic (exact) mass is 298 g/mol. The Morgan fingerprint density at radius 3 is 2.48 bits per heavy atom. The zero-order valence-electron chi connectivity index (χ0n) is 12.5. The van der Waals surface area contributed by atoms with Gasteiger partial charge in [-0.25, -0.2) is 0 Å². The Kier molecular flexibility index (Phi) is 4.11. The van der Waals surface area contributed by atoms with Crippen LogP contribution in [0.5, 0.6) is 0 Å². The zero-order valence-corrected chi connectivity index (χ0v) is 13.3. The van der Waals surface area contributed by atoms with Crippen LogP contribution in [0, 0.1) is 5.92 Å². The highest BCUT2D eigenvalue weighted by Crippen LogP contribution is 2.32. The number of nitrogens with zero attached hydrogens (tertiary/aromatic N) is 1. The van der Waals surface area contributed by atoms with Crippen LogP contribution in [-0.2, 0) is 0 Å². The maximum absolute atomic E-state index is 5.86. The van der Waals surface area contributed by atoms with E-state index >= 15 is 0 Å². The molecule has 1 aliphatic carbocycles. The van der Waals surface area contributed by atoms with Gasteiger partial charge in [-0.2, -0.15) is 0 Å². The van der Waals surface area contributed by atoms with E-state index in [0.717, 1.165) is 23.4 Å². The van der Waals surface area contributed by atoms with E-state index < -0.39 is 0 Å². The maximum Gasteiger partial charge on any atom is 0.104 e. The van der Waals surface area contributed by atoms with Gasteiger partial charge in [-0.1, -0.05) is 49.3 Å². The van der Waals surface area contributed by atoms with Crippen LogP contribution in [0.25, 0.3) is 10.8 Å². The SMILES string of the molecule is CN(CC1CCCC1)c1ccc(C(N)=S)c2ccccc12. The predicted molar refractivity (Wildman–Crippen MR) is 95.1 cm³/mol. The van der Waals surface area contributed by atoms with Crippen LogP contribution in [0.1, 0.15) is 31.2 Å². The quantitative estimate of drug-likeness (QED) is 0.862. The van der Waals surface area contributed by atoms with Gasteiger partial charge in [0.15, 0.2) is 0 Å². The largest absolute Gasteiger partial charge is 0.389 e. The lowest BCUT2D eigenvalue weighted by Gasteiger charge is -2.25. The van der Waals surface area contributed by atoms with Crippen molar-refractivity contribution in [3.8, 4) is 0 Å². The Bertz CT molecular complexity index is 659. The van der Waals surface area contributed by atoms with Gasteiger partial charge in [-0.15, -0.1) is 0 Å². The molecule has 0 unspecified atom stereocenters. The van der Waals surface area contributed by atoms with Crippen LogP contribution < -0.4 is 10.6 Å². The lowest BCUT2D eigenvalue weighted by Crippen LogP contribution is -2.24. The van der Waals surface area contributed by atoms with Crippen molar-refractivity contribution < 1.29 is 0 Å². The Balaban J connectivity index is 1.98. The standard InChI is InChI=1S/C18H22N2S/c1-20(12-13-6-2-3-7-13)17-11-10-16(18(19)21)14-8-4-5-9-15(14)17/h4-5,8-11,13H,2-3,6-7,12H2,1H3,(H2,19,21). The van der Waals surface area contributed by atoms with Gasteiger partial charge >= 0.3 is 0 Å². The minimum atomic E-state index is 0.469. The average Bonchev–Trinajstić information content (AvgIpc) is 2.98. The molecule has 2 aromatic carbocycles. The third kappa shape index (κ3) is 2.88. The summed E-state index contributed by atoms with van der Waals surface area (Å²) < 4.78 is 0. The first-order valence-electron chi connectivity index (χ1n) is 7.69. The molecule has 21 heavy (non-hydrogen) atoms. The van der Waals surface area contributed by atoms with Crippen molar-refractivity contribution in [1.29, 1.82) is 0 Å². The molecule has 0 radical (unpaired) electrons. The third-order valence-corrected chi connectivity index (χ3v) is 4.80. The van der Waals surface area contributed by atoms with E-state index in [0.29, 0.717) is 4.99 Å². The van der Waals surface area contributed by atoms with Gasteiger partial charge in [0, 0.05) is 30.2 Å². The van der Waals surface area contributed by atoms with Crippen molar-refractivity contribution in [2.24, 2.45) is 11.7 Å². The highest BCUT2D eigenvalue weighted by Gasteiger charge is 2.18. The van der Waals surface area contributed by atoms with Gasteiger partial charge in [-0.3, -0.25) is 0 Å². The normalized spacial score (nSPS) is 15.5. The number of thiocarbonyl (C=S) groups is 1. The van der Waals surface area contributed by atoms with E-state index in [1.807, 2.05) is 6.07 Å². The summed E-state index contributed by atoms with van der Waals surface area (Å²) in [5.41, 5.74) is 8.10. The van der Waals surface area contributed by atoms with Crippen LogP contribution in [0.3, 0.4) is 0 Å². The molecule has 0 spiro atoms. The molecule has 0 heterocycles. The van der Waals surface area contributed by atoms with Gasteiger partial charge in [0.05, 0.1) is 0 Å². The second-order valence-corrected chi connectivity index (χ2v) is 6.51. The number of anilines is 1. The Morgan fingerprint density at radius 2 is 1.81 bits per heavy atom. The molecule has 0 aliphatic heterocycles. The van der Waals surface area contributed by atoms with E-state index in [2.05, 4.69) is 42.3 Å². The van der Waals surface area contributed by atoms with Gasteiger partial charge in [0.1, 0.15) is 4.99 Å². The Morgan fingerprint density at radius 1 is 1.14 bits per heavy atom. The molecule has 0 atom stereocenters. The van der Waals surface area contributed by atoms with Crippen molar-refractivity contribution >= 4 is 33.7 Å². The van der Waals surface area contributed by atoms with E-state index in [-0.39, 0.29) is 0 Å². The van der Waals surface area contributed by atoms with E-state index in [4.69, 9.17) is 18.0 Å². The number of fused-ring (bicyclic) bond motifs is 1. The number of hydrogen-bond acceptors (Lipinski definition) is 2. The summed E-state index contributed by atoms with van der Waals surface area (Å²) in [6.07, 6.45) is 5.51. The molecule has 110 valence electrons. The van der Waals surface area contributed by atoms with Crippen LogP contribution in [0.4, 0.5) is 5.69 Å². The summed E-state index contributed by atoms with van der Waals surface area (Å²) in [5.74, 6) is 0.837. The Labute approximate surface area is 131 Å². The minimum Gasteiger partial charge on any atom is -0.389 e. The molecule has 3 rings (SSSR count). The highest BCUT2D eigenvalue weighted by atomic mass is 32.1. The summed E-state index contributed by atoms with van der Waals surface area (Å²) >= 11 is 5.18. The fourth-order valence-electron chi connectivity index (χ4n) is 3.51. The first-order valence-corrected chi connectivity index (χ1v) is 8.10. The predicted octanol–water partition coefficient (Wildman–Crippen LogP) is 4.10. The number of benzene rings is 2. The molecule has 1 fully saturated rings. The lowest BCUT2D eigenvalue weighted by atomic mass is 10.0. The molecule has 2 N–H and O–H groups in total. The zero-order chi connectivity index (χ0) is 14.8. The fraction of sp³-hybridized carbons (Fsp3) is 0.389. The van der Waals surface area contributed by atoms with Crippen LogP contribution in [0.2, 0.25) is 0 Å².